The van der Waals surface area contributed by atoms with Crippen molar-refractivity contribution in [3.63, 3.8) is 0 Å². The molecule has 0 aliphatic heterocycles. The number of halogens is 1. The average Bonchev–Trinajstić information content (AvgIpc) is 2.38. The summed E-state index contributed by atoms with van der Waals surface area (Å²) in [5.74, 6) is -0.250. The van der Waals surface area contributed by atoms with E-state index < -0.39 is 10.8 Å². The van der Waals surface area contributed by atoms with E-state index in [1.54, 1.807) is 13.8 Å². The van der Waals surface area contributed by atoms with Gasteiger partial charge in [-0.05, 0) is 26.0 Å². The predicted molar refractivity (Wildman–Crippen MR) is 77.5 cm³/mol. The molecule has 8 heteroatoms. The summed E-state index contributed by atoms with van der Waals surface area (Å²) in [5, 5.41) is 13.6. The van der Waals surface area contributed by atoms with E-state index in [1.165, 1.54) is 18.2 Å². The number of nitrogens with one attached hydrogen (secondary N) is 1. The van der Waals surface area contributed by atoms with Crippen LogP contribution in [0.2, 0.25) is 0 Å². The third-order valence-electron chi connectivity index (χ3n) is 2.45. The van der Waals surface area contributed by atoms with Gasteiger partial charge in [0.05, 0.1) is 11.5 Å². The van der Waals surface area contributed by atoms with Crippen molar-refractivity contribution in [1.82, 2.24) is 5.32 Å². The summed E-state index contributed by atoms with van der Waals surface area (Å²) >= 11 is 0. The molecule has 0 spiro atoms. The Labute approximate surface area is 123 Å². The Morgan fingerprint density at radius 3 is 2.70 bits per heavy atom. The van der Waals surface area contributed by atoms with Crippen LogP contribution in [0.3, 0.4) is 0 Å². The van der Waals surface area contributed by atoms with Crippen molar-refractivity contribution in [1.29, 1.82) is 0 Å². The fourth-order valence-corrected chi connectivity index (χ4v) is 1.44. The molecule has 0 aliphatic rings. The lowest BCUT2D eigenvalue weighted by atomic mass is 10.1. The van der Waals surface area contributed by atoms with Crippen molar-refractivity contribution >= 4 is 24.0 Å². The van der Waals surface area contributed by atoms with Gasteiger partial charge in [-0.3, -0.25) is 14.9 Å². The molecule has 0 heterocycles. The fourth-order valence-electron chi connectivity index (χ4n) is 1.44. The second-order valence-electron chi connectivity index (χ2n) is 3.98. The SMILES string of the molecule is CCOc1ccc(C(=O)N[C@@H](C)CN)cc1[N+](=O)[O-].Cl. The topological polar surface area (TPSA) is 107 Å². The summed E-state index contributed by atoms with van der Waals surface area (Å²) in [4.78, 5) is 22.2. The Morgan fingerprint density at radius 2 is 2.20 bits per heavy atom. The summed E-state index contributed by atoms with van der Waals surface area (Å²) in [6.45, 7) is 4.09. The molecule has 0 aliphatic carbocycles. The van der Waals surface area contributed by atoms with Gasteiger partial charge >= 0.3 is 5.69 Å². The van der Waals surface area contributed by atoms with Gasteiger partial charge in [-0.1, -0.05) is 0 Å². The molecular formula is C12H18ClN3O4. The minimum atomic E-state index is -0.575. The van der Waals surface area contributed by atoms with Crippen LogP contribution < -0.4 is 15.8 Å². The van der Waals surface area contributed by atoms with E-state index in [9.17, 15) is 14.9 Å². The normalized spacial score (nSPS) is 11.2. The minimum Gasteiger partial charge on any atom is -0.487 e. The molecule has 0 unspecified atom stereocenters. The highest BCUT2D eigenvalue weighted by Crippen LogP contribution is 2.27. The van der Waals surface area contributed by atoms with Crippen LogP contribution in [0.25, 0.3) is 0 Å². The van der Waals surface area contributed by atoms with Gasteiger partial charge in [-0.2, -0.15) is 0 Å². The summed E-state index contributed by atoms with van der Waals surface area (Å²) in [5.41, 5.74) is 5.37. The van der Waals surface area contributed by atoms with Crippen LogP contribution in [0, 0.1) is 10.1 Å². The van der Waals surface area contributed by atoms with E-state index >= 15 is 0 Å². The highest BCUT2D eigenvalue weighted by molar-refractivity contribution is 5.95. The second-order valence-corrected chi connectivity index (χ2v) is 3.98. The van der Waals surface area contributed by atoms with Crippen LogP contribution in [0.4, 0.5) is 5.69 Å². The molecule has 3 N–H and O–H groups in total. The maximum absolute atomic E-state index is 11.8. The summed E-state index contributed by atoms with van der Waals surface area (Å²) in [6.07, 6.45) is 0. The summed E-state index contributed by atoms with van der Waals surface area (Å²) < 4.78 is 5.14. The highest BCUT2D eigenvalue weighted by atomic mass is 35.5. The van der Waals surface area contributed by atoms with Crippen LogP contribution >= 0.6 is 12.4 Å². The van der Waals surface area contributed by atoms with E-state index in [1.807, 2.05) is 0 Å². The van der Waals surface area contributed by atoms with Gasteiger partial charge in [0.15, 0.2) is 5.75 Å². The number of nitro benzene ring substituents is 1. The number of carbonyl (C=O) groups is 1. The molecule has 1 atom stereocenters. The van der Waals surface area contributed by atoms with Crippen LogP contribution in [0.15, 0.2) is 18.2 Å². The molecule has 1 rings (SSSR count). The molecule has 1 amide bonds. The van der Waals surface area contributed by atoms with E-state index in [4.69, 9.17) is 10.5 Å². The number of carbonyl (C=O) groups excluding carboxylic acids is 1. The van der Waals surface area contributed by atoms with E-state index in [2.05, 4.69) is 5.32 Å². The number of hydrogen-bond acceptors (Lipinski definition) is 5. The minimum absolute atomic E-state index is 0. The fraction of sp³-hybridized carbons (Fsp3) is 0.417. The molecule has 0 fully saturated rings. The van der Waals surface area contributed by atoms with Crippen LogP contribution in [-0.4, -0.2) is 30.0 Å². The third-order valence-corrected chi connectivity index (χ3v) is 2.45. The Balaban J connectivity index is 0.00000361. The first kappa shape index (κ1) is 18.1. The first-order valence-electron chi connectivity index (χ1n) is 5.91. The van der Waals surface area contributed by atoms with Gasteiger partial charge in [0, 0.05) is 24.2 Å². The number of hydrogen-bond donors (Lipinski definition) is 2. The zero-order valence-electron chi connectivity index (χ0n) is 11.3. The van der Waals surface area contributed by atoms with Gasteiger partial charge in [0.2, 0.25) is 0 Å². The second kappa shape index (κ2) is 8.34. The zero-order valence-corrected chi connectivity index (χ0v) is 12.1. The monoisotopic (exact) mass is 303 g/mol. The van der Waals surface area contributed by atoms with Gasteiger partial charge in [-0.25, -0.2) is 0 Å². The van der Waals surface area contributed by atoms with E-state index in [0.29, 0.717) is 13.2 Å². The molecule has 0 aromatic heterocycles. The number of ether oxygens (including phenoxy) is 1. The molecule has 7 nitrogen and oxygen atoms in total. The lowest BCUT2D eigenvalue weighted by Crippen LogP contribution is -2.37. The molecule has 20 heavy (non-hydrogen) atoms. The van der Waals surface area contributed by atoms with Gasteiger partial charge in [-0.15, -0.1) is 12.4 Å². The molecule has 1 aromatic carbocycles. The first-order valence-corrected chi connectivity index (χ1v) is 5.91. The van der Waals surface area contributed by atoms with Gasteiger partial charge in [0.25, 0.3) is 5.91 Å². The van der Waals surface area contributed by atoms with E-state index in [-0.39, 0.29) is 35.4 Å². The molecule has 0 saturated heterocycles. The lowest BCUT2D eigenvalue weighted by molar-refractivity contribution is -0.385. The number of rotatable bonds is 6. The number of nitrogens with zero attached hydrogens (tertiary/aromatic N) is 1. The van der Waals surface area contributed by atoms with Crippen molar-refractivity contribution in [2.75, 3.05) is 13.2 Å². The Kier molecular flexibility index (Phi) is 7.56. The predicted octanol–water partition coefficient (Wildman–Crippen LogP) is 1.49. The Hall–Kier alpha value is -1.86. The van der Waals surface area contributed by atoms with Crippen LogP contribution in [0.1, 0.15) is 24.2 Å². The molecule has 0 bridgehead atoms. The van der Waals surface area contributed by atoms with Crippen LogP contribution in [0.5, 0.6) is 5.75 Å². The number of nitrogens with two attached hydrogens (primary N) is 1. The smallest absolute Gasteiger partial charge is 0.311 e. The number of amides is 1. The van der Waals surface area contributed by atoms with E-state index in [0.717, 1.165) is 0 Å². The molecule has 0 saturated carbocycles. The molecule has 1 aromatic rings. The zero-order chi connectivity index (χ0) is 14.4. The number of nitro groups is 1. The van der Waals surface area contributed by atoms with Crippen molar-refractivity contribution in [3.8, 4) is 5.75 Å². The third kappa shape index (κ3) is 4.67. The molecular weight excluding hydrogens is 286 g/mol. The largest absolute Gasteiger partial charge is 0.487 e. The standard InChI is InChI=1S/C12H17N3O4.ClH/c1-3-19-11-5-4-9(6-10(11)15(17)18)12(16)14-8(2)7-13;/h4-6,8H,3,7,13H2,1-2H3,(H,14,16);1H/t8-;/m0./s1. The summed E-state index contributed by atoms with van der Waals surface area (Å²) in [7, 11) is 0. The lowest BCUT2D eigenvalue weighted by Gasteiger charge is -2.11. The van der Waals surface area contributed by atoms with Crippen molar-refractivity contribution < 1.29 is 14.5 Å². The van der Waals surface area contributed by atoms with Crippen molar-refractivity contribution in [2.24, 2.45) is 5.73 Å². The van der Waals surface area contributed by atoms with Gasteiger partial charge in [0.1, 0.15) is 0 Å². The number of benzene rings is 1. The van der Waals surface area contributed by atoms with Crippen LogP contribution in [-0.2, 0) is 0 Å². The average molecular weight is 304 g/mol. The molecule has 0 radical (unpaired) electrons. The quantitative estimate of drug-likeness (QED) is 0.611. The first-order chi connectivity index (χ1) is 8.99. The Bertz CT molecular complexity index is 482. The molecule has 112 valence electrons. The highest BCUT2D eigenvalue weighted by Gasteiger charge is 2.19. The Morgan fingerprint density at radius 1 is 1.55 bits per heavy atom. The maximum Gasteiger partial charge on any atom is 0.311 e. The van der Waals surface area contributed by atoms with Crippen molar-refractivity contribution in [2.45, 2.75) is 19.9 Å². The van der Waals surface area contributed by atoms with Gasteiger partial charge < -0.3 is 15.8 Å². The maximum atomic E-state index is 11.8. The summed E-state index contributed by atoms with van der Waals surface area (Å²) in [6, 6.07) is 3.90. The van der Waals surface area contributed by atoms with Crippen molar-refractivity contribution in [3.05, 3.63) is 33.9 Å².